The average molecular weight is 188 g/mol. The predicted molar refractivity (Wildman–Crippen MR) is 59.3 cm³/mol. The molecule has 0 aromatic heterocycles. The van der Waals surface area contributed by atoms with Crippen molar-refractivity contribution >= 4 is 5.69 Å². The zero-order valence-corrected chi connectivity index (χ0v) is 8.75. The Morgan fingerprint density at radius 2 is 2.21 bits per heavy atom. The molecule has 1 rings (SSSR count). The highest BCUT2D eigenvalue weighted by Gasteiger charge is 1.99. The molecule has 2 heteroatoms. The van der Waals surface area contributed by atoms with E-state index < -0.39 is 0 Å². The molecule has 0 unspecified atom stereocenters. The first-order valence-corrected chi connectivity index (χ1v) is 4.95. The van der Waals surface area contributed by atoms with E-state index in [4.69, 9.17) is 5.26 Å². The summed E-state index contributed by atoms with van der Waals surface area (Å²) in [5.74, 6) is 0.549. The van der Waals surface area contributed by atoms with Crippen LogP contribution in [-0.4, -0.2) is 6.54 Å². The molecule has 0 atom stereocenters. The van der Waals surface area contributed by atoms with Crippen molar-refractivity contribution in [1.82, 2.24) is 0 Å². The fraction of sp³-hybridized carbons (Fsp3) is 0.417. The summed E-state index contributed by atoms with van der Waals surface area (Å²) in [4.78, 5) is 0. The predicted octanol–water partition coefficient (Wildman–Crippen LogP) is 3.14. The Morgan fingerprint density at radius 1 is 1.43 bits per heavy atom. The molecular formula is C12H16N2. The maximum Gasteiger partial charge on any atom is 0.0640 e. The molecule has 0 radical (unpaired) electrons. The Kier molecular flexibility index (Phi) is 4.00. The maximum absolute atomic E-state index is 8.40. The highest BCUT2D eigenvalue weighted by atomic mass is 14.9. The number of rotatable bonds is 4. The van der Waals surface area contributed by atoms with E-state index in [0.717, 1.165) is 12.2 Å². The minimum atomic E-state index is 0.548. The summed E-state index contributed by atoms with van der Waals surface area (Å²) in [5, 5.41) is 11.6. The van der Waals surface area contributed by atoms with Crippen molar-refractivity contribution in [3.8, 4) is 6.07 Å². The van der Waals surface area contributed by atoms with Crippen molar-refractivity contribution in [3.05, 3.63) is 29.8 Å². The van der Waals surface area contributed by atoms with Gasteiger partial charge in [-0.05, 0) is 23.6 Å². The number of hydrogen-bond acceptors (Lipinski definition) is 2. The monoisotopic (exact) mass is 188 g/mol. The quantitative estimate of drug-likeness (QED) is 0.737. The highest BCUT2D eigenvalue weighted by Crippen LogP contribution is 2.18. The van der Waals surface area contributed by atoms with Gasteiger partial charge in [-0.2, -0.15) is 5.26 Å². The number of nitriles is 1. The van der Waals surface area contributed by atoms with Gasteiger partial charge in [0.1, 0.15) is 0 Å². The van der Waals surface area contributed by atoms with Crippen LogP contribution in [0.25, 0.3) is 0 Å². The zero-order valence-electron chi connectivity index (χ0n) is 8.75. The van der Waals surface area contributed by atoms with Crippen LogP contribution < -0.4 is 5.32 Å². The van der Waals surface area contributed by atoms with Crippen LogP contribution in [-0.2, 0) is 0 Å². The van der Waals surface area contributed by atoms with Gasteiger partial charge in [0.15, 0.2) is 0 Å². The maximum atomic E-state index is 8.40. The fourth-order valence-corrected chi connectivity index (χ4v) is 1.27. The van der Waals surface area contributed by atoms with Gasteiger partial charge in [0, 0.05) is 12.2 Å². The third-order valence-electron chi connectivity index (χ3n) is 2.12. The number of anilines is 1. The lowest BCUT2D eigenvalue weighted by atomic mass is 10.0. The van der Waals surface area contributed by atoms with Gasteiger partial charge in [0.2, 0.25) is 0 Å². The minimum absolute atomic E-state index is 0.548. The van der Waals surface area contributed by atoms with E-state index in [1.165, 1.54) is 5.56 Å². The van der Waals surface area contributed by atoms with E-state index in [0.29, 0.717) is 12.3 Å². The molecule has 0 bridgehead atoms. The van der Waals surface area contributed by atoms with E-state index in [1.54, 1.807) is 0 Å². The number of nitrogens with zero attached hydrogens (tertiary/aromatic N) is 1. The lowest BCUT2D eigenvalue weighted by Crippen LogP contribution is -2.00. The van der Waals surface area contributed by atoms with Crippen LogP contribution in [0.15, 0.2) is 24.3 Å². The van der Waals surface area contributed by atoms with Crippen molar-refractivity contribution in [1.29, 1.82) is 5.26 Å². The van der Waals surface area contributed by atoms with Crippen molar-refractivity contribution < 1.29 is 0 Å². The molecule has 1 N–H and O–H groups in total. The summed E-state index contributed by atoms with van der Waals surface area (Å²) >= 11 is 0. The van der Waals surface area contributed by atoms with E-state index in [9.17, 15) is 0 Å². The number of hydrogen-bond donors (Lipinski definition) is 1. The summed E-state index contributed by atoms with van der Waals surface area (Å²) in [5.41, 5.74) is 2.43. The summed E-state index contributed by atoms with van der Waals surface area (Å²) in [7, 11) is 0. The van der Waals surface area contributed by atoms with Gasteiger partial charge in [-0.15, -0.1) is 0 Å². The average Bonchev–Trinajstić information content (AvgIpc) is 2.19. The summed E-state index contributed by atoms with van der Waals surface area (Å²) < 4.78 is 0. The number of nitrogens with one attached hydrogen (secondary N) is 1. The van der Waals surface area contributed by atoms with Crippen LogP contribution in [0.3, 0.4) is 0 Å². The first-order valence-electron chi connectivity index (χ1n) is 4.95. The van der Waals surface area contributed by atoms with Crippen LogP contribution >= 0.6 is 0 Å². The Bertz CT molecular complexity index is 323. The molecule has 0 fully saturated rings. The molecule has 14 heavy (non-hydrogen) atoms. The van der Waals surface area contributed by atoms with Crippen LogP contribution in [0.5, 0.6) is 0 Å². The largest absolute Gasteiger partial charge is 0.384 e. The van der Waals surface area contributed by atoms with Crippen molar-refractivity contribution in [2.75, 3.05) is 11.9 Å². The Labute approximate surface area is 85.6 Å². The molecule has 74 valence electrons. The van der Waals surface area contributed by atoms with Gasteiger partial charge in [0.05, 0.1) is 12.5 Å². The molecular weight excluding hydrogens is 172 g/mol. The number of benzene rings is 1. The van der Waals surface area contributed by atoms with Crippen molar-refractivity contribution in [3.63, 3.8) is 0 Å². The molecule has 0 aliphatic heterocycles. The summed E-state index contributed by atoms with van der Waals surface area (Å²) in [6.07, 6.45) is 0.548. The Morgan fingerprint density at radius 3 is 2.86 bits per heavy atom. The van der Waals surface area contributed by atoms with Crippen LogP contribution in [0.1, 0.15) is 31.7 Å². The van der Waals surface area contributed by atoms with Crippen LogP contribution in [0, 0.1) is 11.3 Å². The molecule has 1 aromatic rings. The van der Waals surface area contributed by atoms with Gasteiger partial charge in [0.25, 0.3) is 0 Å². The normalized spacial score (nSPS) is 9.86. The molecule has 2 nitrogen and oxygen atoms in total. The third kappa shape index (κ3) is 3.10. The SMILES string of the molecule is CC(C)c1cccc(NCCC#N)c1. The molecule has 0 saturated carbocycles. The lowest BCUT2D eigenvalue weighted by Gasteiger charge is -2.08. The van der Waals surface area contributed by atoms with Gasteiger partial charge in [-0.1, -0.05) is 26.0 Å². The molecule has 0 aliphatic carbocycles. The van der Waals surface area contributed by atoms with Gasteiger partial charge >= 0.3 is 0 Å². The molecule has 0 aliphatic rings. The van der Waals surface area contributed by atoms with Gasteiger partial charge in [-0.3, -0.25) is 0 Å². The molecule has 0 saturated heterocycles. The van der Waals surface area contributed by atoms with E-state index >= 15 is 0 Å². The smallest absolute Gasteiger partial charge is 0.0640 e. The molecule has 0 amide bonds. The second kappa shape index (κ2) is 5.29. The fourth-order valence-electron chi connectivity index (χ4n) is 1.27. The molecule has 0 spiro atoms. The second-order valence-corrected chi connectivity index (χ2v) is 3.62. The van der Waals surface area contributed by atoms with Gasteiger partial charge in [-0.25, -0.2) is 0 Å². The first kappa shape index (κ1) is 10.6. The summed E-state index contributed by atoms with van der Waals surface area (Å²) in [6.45, 7) is 5.07. The van der Waals surface area contributed by atoms with Crippen molar-refractivity contribution in [2.24, 2.45) is 0 Å². The van der Waals surface area contributed by atoms with E-state index in [2.05, 4.69) is 37.4 Å². The van der Waals surface area contributed by atoms with Crippen LogP contribution in [0.4, 0.5) is 5.69 Å². The van der Waals surface area contributed by atoms with Gasteiger partial charge < -0.3 is 5.32 Å². The Hall–Kier alpha value is -1.49. The first-order chi connectivity index (χ1) is 6.74. The third-order valence-corrected chi connectivity index (χ3v) is 2.12. The second-order valence-electron chi connectivity index (χ2n) is 3.62. The lowest BCUT2D eigenvalue weighted by molar-refractivity contribution is 0.866. The topological polar surface area (TPSA) is 35.8 Å². The zero-order chi connectivity index (χ0) is 10.4. The standard InChI is InChI=1S/C12H16N2/c1-10(2)11-5-3-6-12(9-11)14-8-4-7-13/h3,5-6,9-10,14H,4,8H2,1-2H3. The summed E-state index contributed by atoms with van der Waals surface area (Å²) in [6, 6.07) is 10.5. The highest BCUT2D eigenvalue weighted by molar-refractivity contribution is 5.46. The van der Waals surface area contributed by atoms with E-state index in [-0.39, 0.29) is 0 Å². The minimum Gasteiger partial charge on any atom is -0.384 e. The molecule has 1 aromatic carbocycles. The van der Waals surface area contributed by atoms with E-state index in [1.807, 2.05) is 12.1 Å². The van der Waals surface area contributed by atoms with Crippen molar-refractivity contribution in [2.45, 2.75) is 26.2 Å². The van der Waals surface area contributed by atoms with Crippen LogP contribution in [0.2, 0.25) is 0 Å². The Balaban J connectivity index is 2.60. The molecule has 0 heterocycles.